The van der Waals surface area contributed by atoms with Gasteiger partial charge in [0.25, 0.3) is 5.91 Å². The number of carbonyl (C=O) groups is 1. The Morgan fingerprint density at radius 3 is 3.00 bits per heavy atom. The fourth-order valence-electron chi connectivity index (χ4n) is 2.64. The third-order valence-corrected chi connectivity index (χ3v) is 3.94. The van der Waals surface area contributed by atoms with Gasteiger partial charge in [0, 0.05) is 17.6 Å². The van der Waals surface area contributed by atoms with Crippen molar-refractivity contribution in [3.63, 3.8) is 0 Å². The van der Waals surface area contributed by atoms with Crippen LogP contribution in [0.5, 0.6) is 5.75 Å². The van der Waals surface area contributed by atoms with Crippen LogP contribution in [-0.4, -0.2) is 32.1 Å². The number of anilines is 1. The number of piperidine rings is 1. The molecule has 0 bridgehead atoms. The van der Waals surface area contributed by atoms with Gasteiger partial charge in [0.2, 0.25) is 0 Å². The van der Waals surface area contributed by atoms with E-state index in [0.29, 0.717) is 34.6 Å². The molecule has 5 nitrogen and oxygen atoms in total. The number of ether oxygens (including phenoxy) is 1. The van der Waals surface area contributed by atoms with E-state index in [1.165, 1.54) is 26.4 Å². The number of halogens is 1. The molecule has 21 heavy (non-hydrogen) atoms. The lowest BCUT2D eigenvalue weighted by molar-refractivity contribution is 0.0948. The third-order valence-electron chi connectivity index (χ3n) is 3.72. The van der Waals surface area contributed by atoms with Crippen LogP contribution in [0.3, 0.4) is 0 Å². The monoisotopic (exact) mass is 311 g/mol. The van der Waals surface area contributed by atoms with Gasteiger partial charge in [-0.25, -0.2) is 0 Å². The maximum atomic E-state index is 12.2. The first-order chi connectivity index (χ1) is 10.1. The van der Waals surface area contributed by atoms with Crippen molar-refractivity contribution >= 4 is 23.2 Å². The standard InChI is InChI=1S/C15H22ClN3O2/c1-21-14-12(8-10(16)9-13(14)17)15(20)19-7-5-11-4-2-3-6-18-11/h8-9,11,18H,2-7,17H2,1H3,(H,19,20). The van der Waals surface area contributed by atoms with Crippen LogP contribution < -0.4 is 21.1 Å². The smallest absolute Gasteiger partial charge is 0.255 e. The Kier molecular flexibility index (Phi) is 5.70. The fraction of sp³-hybridized carbons (Fsp3) is 0.533. The molecule has 1 aromatic rings. The van der Waals surface area contributed by atoms with Crippen LogP contribution in [0.25, 0.3) is 0 Å². The minimum atomic E-state index is -0.211. The lowest BCUT2D eigenvalue weighted by atomic mass is 10.0. The molecule has 1 saturated heterocycles. The first kappa shape index (κ1) is 15.9. The summed E-state index contributed by atoms with van der Waals surface area (Å²) in [5.41, 5.74) is 6.56. The van der Waals surface area contributed by atoms with Crippen molar-refractivity contribution in [1.82, 2.24) is 10.6 Å². The van der Waals surface area contributed by atoms with Gasteiger partial charge in [0.1, 0.15) is 0 Å². The van der Waals surface area contributed by atoms with Crippen molar-refractivity contribution in [1.29, 1.82) is 0 Å². The van der Waals surface area contributed by atoms with Gasteiger partial charge in [-0.15, -0.1) is 0 Å². The second-order valence-corrected chi connectivity index (χ2v) is 5.70. The van der Waals surface area contributed by atoms with Crippen LogP contribution in [-0.2, 0) is 0 Å². The number of nitrogens with one attached hydrogen (secondary N) is 2. The van der Waals surface area contributed by atoms with E-state index in [1.807, 2.05) is 0 Å². The highest BCUT2D eigenvalue weighted by Gasteiger charge is 2.17. The van der Waals surface area contributed by atoms with Crippen LogP contribution >= 0.6 is 11.6 Å². The van der Waals surface area contributed by atoms with E-state index >= 15 is 0 Å². The maximum Gasteiger partial charge on any atom is 0.255 e. The summed E-state index contributed by atoms with van der Waals surface area (Å²) in [6.45, 7) is 1.68. The number of nitrogen functional groups attached to an aromatic ring is 1. The number of hydrogen-bond donors (Lipinski definition) is 3. The molecule has 0 spiro atoms. The molecule has 1 aliphatic heterocycles. The molecular formula is C15H22ClN3O2. The molecule has 1 atom stereocenters. The van der Waals surface area contributed by atoms with Gasteiger partial charge in [-0.05, 0) is 37.9 Å². The zero-order valence-electron chi connectivity index (χ0n) is 12.2. The molecule has 1 aromatic carbocycles. The quantitative estimate of drug-likeness (QED) is 0.729. The largest absolute Gasteiger partial charge is 0.494 e. The summed E-state index contributed by atoms with van der Waals surface area (Å²) in [5, 5.41) is 6.78. The SMILES string of the molecule is COc1c(N)cc(Cl)cc1C(=O)NCCC1CCCCN1. The lowest BCUT2D eigenvalue weighted by Gasteiger charge is -2.23. The second-order valence-electron chi connectivity index (χ2n) is 5.27. The number of methoxy groups -OCH3 is 1. The van der Waals surface area contributed by atoms with E-state index < -0.39 is 0 Å². The summed E-state index contributed by atoms with van der Waals surface area (Å²) in [7, 11) is 1.49. The summed E-state index contributed by atoms with van der Waals surface area (Å²) in [4.78, 5) is 12.2. The summed E-state index contributed by atoms with van der Waals surface area (Å²) in [5.74, 6) is 0.157. The van der Waals surface area contributed by atoms with Crippen LogP contribution in [0, 0.1) is 0 Å². The van der Waals surface area contributed by atoms with E-state index in [1.54, 1.807) is 12.1 Å². The van der Waals surface area contributed by atoms with Gasteiger partial charge >= 0.3 is 0 Å². The van der Waals surface area contributed by atoms with Crippen LogP contribution in [0.1, 0.15) is 36.0 Å². The minimum Gasteiger partial charge on any atom is -0.494 e. The Bertz CT molecular complexity index is 502. The Morgan fingerprint density at radius 1 is 1.52 bits per heavy atom. The number of nitrogens with two attached hydrogens (primary N) is 1. The van der Waals surface area contributed by atoms with E-state index in [9.17, 15) is 4.79 Å². The fourth-order valence-corrected chi connectivity index (χ4v) is 2.86. The highest BCUT2D eigenvalue weighted by molar-refractivity contribution is 6.31. The van der Waals surface area contributed by atoms with Crippen molar-refractivity contribution in [2.75, 3.05) is 25.9 Å². The highest BCUT2D eigenvalue weighted by Crippen LogP contribution is 2.30. The molecule has 2 rings (SSSR count). The average Bonchev–Trinajstić information content (AvgIpc) is 2.47. The molecule has 1 aliphatic rings. The summed E-state index contributed by atoms with van der Waals surface area (Å²) in [6, 6.07) is 3.64. The molecule has 1 fully saturated rings. The van der Waals surface area contributed by atoms with Crippen LogP contribution in [0.15, 0.2) is 12.1 Å². The minimum absolute atomic E-state index is 0.211. The van der Waals surface area contributed by atoms with Gasteiger partial charge in [-0.2, -0.15) is 0 Å². The molecule has 0 aromatic heterocycles. The Morgan fingerprint density at radius 2 is 2.33 bits per heavy atom. The predicted octanol–water partition coefficient (Wildman–Crippen LogP) is 2.19. The number of rotatable bonds is 5. The van der Waals surface area contributed by atoms with E-state index in [-0.39, 0.29) is 5.91 Å². The maximum absolute atomic E-state index is 12.2. The predicted molar refractivity (Wildman–Crippen MR) is 85.0 cm³/mol. The number of hydrogen-bond acceptors (Lipinski definition) is 4. The Balaban J connectivity index is 1.93. The topological polar surface area (TPSA) is 76.4 Å². The molecule has 0 aliphatic carbocycles. The van der Waals surface area contributed by atoms with Crippen LogP contribution in [0.4, 0.5) is 5.69 Å². The molecule has 1 unspecified atom stereocenters. The van der Waals surface area contributed by atoms with Crippen molar-refractivity contribution in [2.45, 2.75) is 31.7 Å². The average molecular weight is 312 g/mol. The summed E-state index contributed by atoms with van der Waals surface area (Å²) < 4.78 is 5.19. The van der Waals surface area contributed by atoms with Gasteiger partial charge in [-0.3, -0.25) is 4.79 Å². The molecule has 116 valence electrons. The zero-order valence-corrected chi connectivity index (χ0v) is 13.0. The zero-order chi connectivity index (χ0) is 15.2. The molecule has 6 heteroatoms. The first-order valence-corrected chi connectivity index (χ1v) is 7.64. The first-order valence-electron chi connectivity index (χ1n) is 7.26. The van der Waals surface area contributed by atoms with Crippen molar-refractivity contribution < 1.29 is 9.53 Å². The summed E-state index contributed by atoms with van der Waals surface area (Å²) >= 11 is 5.95. The van der Waals surface area contributed by atoms with E-state index in [0.717, 1.165) is 13.0 Å². The summed E-state index contributed by atoms with van der Waals surface area (Å²) in [6.07, 6.45) is 4.58. The molecule has 4 N–H and O–H groups in total. The van der Waals surface area contributed by atoms with E-state index in [2.05, 4.69) is 10.6 Å². The van der Waals surface area contributed by atoms with Gasteiger partial charge in [0.15, 0.2) is 5.75 Å². The Labute approximate surface area is 130 Å². The molecule has 0 radical (unpaired) electrons. The van der Waals surface area contributed by atoms with Gasteiger partial charge in [0.05, 0.1) is 18.4 Å². The van der Waals surface area contributed by atoms with Crippen molar-refractivity contribution in [3.8, 4) is 5.75 Å². The number of amides is 1. The van der Waals surface area contributed by atoms with Crippen molar-refractivity contribution in [2.24, 2.45) is 0 Å². The molecular weight excluding hydrogens is 290 g/mol. The van der Waals surface area contributed by atoms with Crippen molar-refractivity contribution in [3.05, 3.63) is 22.7 Å². The second kappa shape index (κ2) is 7.52. The van der Waals surface area contributed by atoms with Crippen LogP contribution in [0.2, 0.25) is 5.02 Å². The normalized spacial score (nSPS) is 18.3. The molecule has 1 amide bonds. The highest BCUT2D eigenvalue weighted by atomic mass is 35.5. The Hall–Kier alpha value is -1.46. The number of benzene rings is 1. The molecule has 0 saturated carbocycles. The molecule has 1 heterocycles. The number of carbonyl (C=O) groups excluding carboxylic acids is 1. The lowest BCUT2D eigenvalue weighted by Crippen LogP contribution is -2.37. The van der Waals surface area contributed by atoms with Gasteiger partial charge < -0.3 is 21.1 Å². The van der Waals surface area contributed by atoms with Gasteiger partial charge in [-0.1, -0.05) is 18.0 Å². The van der Waals surface area contributed by atoms with E-state index in [4.69, 9.17) is 22.1 Å². The third kappa shape index (κ3) is 4.25.